The molecule has 2 N–H and O–H groups in total. The van der Waals surface area contributed by atoms with Gasteiger partial charge in [-0.15, -0.1) is 0 Å². The maximum Gasteiger partial charge on any atom is 0.232 e. The molecule has 6 nitrogen and oxygen atoms in total. The lowest BCUT2D eigenvalue weighted by Gasteiger charge is -2.47. The molecule has 2 aliphatic heterocycles. The summed E-state index contributed by atoms with van der Waals surface area (Å²) in [4.78, 5) is 20.1. The Morgan fingerprint density at radius 1 is 1.07 bits per heavy atom. The zero-order valence-corrected chi connectivity index (χ0v) is 27.3. The third-order valence-corrected chi connectivity index (χ3v) is 10.3. The molecule has 3 fully saturated rings. The third-order valence-electron chi connectivity index (χ3n) is 10.3. The van der Waals surface area contributed by atoms with Crippen molar-refractivity contribution in [2.24, 2.45) is 5.92 Å². The zero-order chi connectivity index (χ0) is 31.2. The molecule has 2 saturated heterocycles. The fraction of sp³-hybridized carbons (Fsp3) is 0.474. The number of carbonyl (C=O) groups is 1. The highest BCUT2D eigenvalue weighted by atomic mass is 16.5. The van der Waals surface area contributed by atoms with Crippen LogP contribution < -0.4 is 10.0 Å². The number of pyridine rings is 1. The van der Waals surface area contributed by atoms with Crippen molar-refractivity contribution in [2.45, 2.75) is 91.0 Å². The van der Waals surface area contributed by atoms with E-state index >= 15 is 0 Å². The van der Waals surface area contributed by atoms with E-state index < -0.39 is 5.41 Å². The minimum Gasteiger partial charge on any atom is -0.619 e. The predicted molar refractivity (Wildman–Crippen MR) is 179 cm³/mol. The smallest absolute Gasteiger partial charge is 0.232 e. The van der Waals surface area contributed by atoms with Gasteiger partial charge in [-0.05, 0) is 132 Å². The summed E-state index contributed by atoms with van der Waals surface area (Å²) in [7, 11) is 0. The van der Waals surface area contributed by atoms with Crippen LogP contribution in [0, 0.1) is 31.9 Å². The summed E-state index contributed by atoms with van der Waals surface area (Å²) in [6, 6.07) is 15.7. The van der Waals surface area contributed by atoms with E-state index in [1.54, 1.807) is 12.4 Å². The Balaban J connectivity index is 1.31. The number of nitrogens with one attached hydrogen (secondary N) is 2. The van der Waals surface area contributed by atoms with Crippen molar-refractivity contribution in [3.8, 4) is 11.3 Å². The number of carbonyl (C=O) groups excluding carboxylic acids is 1. The molecule has 0 unspecified atom stereocenters. The van der Waals surface area contributed by atoms with Crippen molar-refractivity contribution < 1.29 is 9.52 Å². The van der Waals surface area contributed by atoms with Crippen LogP contribution in [0.2, 0.25) is 0 Å². The second-order valence-electron chi connectivity index (χ2n) is 14.2. The minimum absolute atomic E-state index is 0.229. The quantitative estimate of drug-likeness (QED) is 0.125. The van der Waals surface area contributed by atoms with Crippen LogP contribution in [0.5, 0.6) is 0 Å². The van der Waals surface area contributed by atoms with E-state index in [4.69, 9.17) is 0 Å². The molecule has 7 rings (SSSR count). The Morgan fingerprint density at radius 3 is 2.45 bits per heavy atom. The first-order valence-electron chi connectivity index (χ1n) is 16.5. The highest BCUT2D eigenvalue weighted by molar-refractivity contribution is 5.94. The van der Waals surface area contributed by atoms with E-state index in [-0.39, 0.29) is 11.8 Å². The van der Waals surface area contributed by atoms with Crippen molar-refractivity contribution in [3.63, 3.8) is 0 Å². The molecular weight excluding hydrogens is 544 g/mol. The van der Waals surface area contributed by atoms with Gasteiger partial charge >= 0.3 is 0 Å². The SMILES string of the molecule is Cc1cc(C)cc(-c2[nH]c3ccc(C(C)(C)C(=O)N4CC5CCC4CC5)cc3c2[C@H](C)CNCCc2cc[n+]([O-])cc2C)c1. The Kier molecular flexibility index (Phi) is 8.31. The van der Waals surface area contributed by atoms with E-state index in [1.807, 2.05) is 13.0 Å². The maximum atomic E-state index is 14.1. The van der Waals surface area contributed by atoms with E-state index in [1.165, 1.54) is 46.0 Å². The molecule has 3 aliphatic rings. The highest BCUT2D eigenvalue weighted by Gasteiger charge is 2.42. The third kappa shape index (κ3) is 5.89. The summed E-state index contributed by atoms with van der Waals surface area (Å²) in [5.41, 5.74) is 9.96. The normalized spacial score (nSPS) is 19.1. The number of benzene rings is 2. The number of amides is 1. The summed E-state index contributed by atoms with van der Waals surface area (Å²) in [6.07, 6.45) is 8.93. The summed E-state index contributed by atoms with van der Waals surface area (Å²) in [6.45, 7) is 15.4. The van der Waals surface area contributed by atoms with Gasteiger partial charge in [-0.2, -0.15) is 4.73 Å². The van der Waals surface area contributed by atoms with Gasteiger partial charge in [0.15, 0.2) is 12.4 Å². The van der Waals surface area contributed by atoms with Gasteiger partial charge in [0.25, 0.3) is 0 Å². The molecular formula is C38H48N4O2. The molecule has 1 atom stereocenters. The first-order valence-corrected chi connectivity index (χ1v) is 16.5. The monoisotopic (exact) mass is 592 g/mol. The van der Waals surface area contributed by atoms with E-state index in [9.17, 15) is 10.0 Å². The number of fused-ring (bicyclic) bond motifs is 4. The van der Waals surface area contributed by atoms with Crippen LogP contribution in [-0.2, 0) is 16.6 Å². The minimum atomic E-state index is -0.600. The van der Waals surface area contributed by atoms with Crippen molar-refractivity contribution in [3.05, 3.63) is 93.4 Å². The molecule has 2 bridgehead atoms. The predicted octanol–water partition coefficient (Wildman–Crippen LogP) is 7.01. The van der Waals surface area contributed by atoms with Gasteiger partial charge in [0.1, 0.15) is 0 Å². The Bertz CT molecular complexity index is 1660. The fourth-order valence-electron chi connectivity index (χ4n) is 7.79. The van der Waals surface area contributed by atoms with E-state index in [2.05, 4.69) is 86.2 Å². The standard InChI is InChI=1S/C38H48N4O2/c1-24-17-25(2)19-30(18-24)36-35(26(3)21-39-15-13-29-14-16-41(44)22-27(29)4)33-20-31(9-12-34(33)40-36)38(5,6)37(43)42-23-28-7-10-32(42)11-8-28/h9,12,14,16-20,22,26,28,32,39-40H,7-8,10-11,13,15,21,23H2,1-6H3/t26-,28?,32?/m1/s1. The lowest BCUT2D eigenvalue weighted by molar-refractivity contribution is -0.605. The zero-order valence-electron chi connectivity index (χ0n) is 27.3. The number of piperidine rings is 2. The van der Waals surface area contributed by atoms with E-state index in [0.717, 1.165) is 66.0 Å². The highest BCUT2D eigenvalue weighted by Crippen LogP contribution is 2.41. The lowest BCUT2D eigenvalue weighted by Crippen LogP contribution is -2.55. The first kappa shape index (κ1) is 30.4. The van der Waals surface area contributed by atoms with Crippen molar-refractivity contribution >= 4 is 16.8 Å². The Hall–Kier alpha value is -3.64. The molecule has 1 amide bonds. The van der Waals surface area contributed by atoms with Gasteiger partial charge in [0, 0.05) is 41.7 Å². The number of aromatic nitrogens is 2. The average Bonchev–Trinajstić information content (AvgIpc) is 3.39. The number of hydrogen-bond donors (Lipinski definition) is 2. The molecule has 4 heterocycles. The number of hydrogen-bond acceptors (Lipinski definition) is 3. The Labute approximate surface area is 262 Å². The number of aryl methyl sites for hydroxylation is 3. The lowest BCUT2D eigenvalue weighted by atomic mass is 9.76. The van der Waals surface area contributed by atoms with Gasteiger partial charge in [-0.3, -0.25) is 4.79 Å². The molecule has 232 valence electrons. The average molecular weight is 593 g/mol. The molecule has 4 aromatic rings. The largest absolute Gasteiger partial charge is 0.619 e. The number of rotatable bonds is 9. The van der Waals surface area contributed by atoms with E-state index in [0.29, 0.717) is 12.0 Å². The summed E-state index contributed by atoms with van der Waals surface area (Å²) < 4.78 is 0.861. The van der Waals surface area contributed by atoms with Gasteiger partial charge in [-0.25, -0.2) is 0 Å². The van der Waals surface area contributed by atoms with Crippen LogP contribution in [-0.4, -0.2) is 41.5 Å². The second-order valence-corrected chi connectivity index (χ2v) is 14.2. The molecule has 1 saturated carbocycles. The molecule has 0 radical (unpaired) electrons. The molecule has 44 heavy (non-hydrogen) atoms. The van der Waals surface area contributed by atoms with Crippen LogP contribution in [0.15, 0.2) is 54.9 Å². The maximum absolute atomic E-state index is 14.1. The molecule has 2 aromatic carbocycles. The second kappa shape index (κ2) is 12.0. The summed E-state index contributed by atoms with van der Waals surface area (Å²) in [5.74, 6) is 1.17. The van der Waals surface area contributed by atoms with Crippen molar-refractivity contribution in [2.75, 3.05) is 19.6 Å². The number of H-pyrrole nitrogens is 1. The van der Waals surface area contributed by atoms with Crippen LogP contribution in [0.1, 0.15) is 85.8 Å². The molecule has 2 aromatic heterocycles. The summed E-state index contributed by atoms with van der Waals surface area (Å²) in [5, 5.41) is 16.5. The van der Waals surface area contributed by atoms with Crippen molar-refractivity contribution in [1.82, 2.24) is 15.2 Å². The van der Waals surface area contributed by atoms with Crippen molar-refractivity contribution in [1.29, 1.82) is 0 Å². The van der Waals surface area contributed by atoms with Gasteiger partial charge in [-0.1, -0.05) is 30.2 Å². The summed E-state index contributed by atoms with van der Waals surface area (Å²) >= 11 is 0. The van der Waals surface area contributed by atoms with Crippen LogP contribution >= 0.6 is 0 Å². The van der Waals surface area contributed by atoms with Gasteiger partial charge in [0.05, 0.1) is 11.1 Å². The Morgan fingerprint density at radius 2 is 1.80 bits per heavy atom. The van der Waals surface area contributed by atoms with Gasteiger partial charge < -0.3 is 20.4 Å². The first-order chi connectivity index (χ1) is 21.0. The molecule has 6 heteroatoms. The van der Waals surface area contributed by atoms with Crippen LogP contribution in [0.3, 0.4) is 0 Å². The topological polar surface area (TPSA) is 75.1 Å². The molecule has 1 aliphatic carbocycles. The number of aromatic amines is 1. The van der Waals surface area contributed by atoms with Crippen LogP contribution in [0.4, 0.5) is 0 Å². The fourth-order valence-corrected chi connectivity index (χ4v) is 7.79. The van der Waals surface area contributed by atoms with Gasteiger partial charge in [0.2, 0.25) is 5.91 Å². The molecule has 0 spiro atoms. The number of nitrogens with zero attached hydrogens (tertiary/aromatic N) is 2. The van der Waals surface area contributed by atoms with Crippen LogP contribution in [0.25, 0.3) is 22.2 Å².